The summed E-state index contributed by atoms with van der Waals surface area (Å²) in [5, 5.41) is 9.65. The number of nitrogens with one attached hydrogen (secondary N) is 3. The van der Waals surface area contributed by atoms with E-state index in [0.29, 0.717) is 12.1 Å². The van der Waals surface area contributed by atoms with Gasteiger partial charge in [-0.05, 0) is 50.5 Å². The number of amides is 1. The highest BCUT2D eigenvalue weighted by Gasteiger charge is 2.24. The maximum absolute atomic E-state index is 11.8. The van der Waals surface area contributed by atoms with E-state index in [1.165, 1.54) is 5.69 Å². The third-order valence-electron chi connectivity index (χ3n) is 4.39. The molecule has 8 heteroatoms. The molecule has 1 aromatic carbocycles. The van der Waals surface area contributed by atoms with Gasteiger partial charge in [-0.1, -0.05) is 15.9 Å². The summed E-state index contributed by atoms with van der Waals surface area (Å²) in [4.78, 5) is 18.6. The molecule has 0 aromatic heterocycles. The molecule has 1 aliphatic heterocycles. The average Bonchev–Trinajstić information content (AvgIpc) is 3.29. The first-order valence-electron chi connectivity index (χ1n) is 8.98. The lowest BCUT2D eigenvalue weighted by Crippen LogP contribution is -2.45. The Labute approximate surface area is 180 Å². The zero-order chi connectivity index (χ0) is 17.6. The highest BCUT2D eigenvalue weighted by Crippen LogP contribution is 2.22. The summed E-state index contributed by atoms with van der Waals surface area (Å²) < 4.78 is 1.09. The Kier molecular flexibility index (Phi) is 8.46. The predicted octanol–water partition coefficient (Wildman–Crippen LogP) is 2.48. The van der Waals surface area contributed by atoms with Gasteiger partial charge in [0, 0.05) is 41.9 Å². The molecule has 0 spiro atoms. The number of nitrogens with zero attached hydrogens (tertiary/aromatic N) is 2. The summed E-state index contributed by atoms with van der Waals surface area (Å²) in [5.41, 5.74) is 1.23. The molecule has 2 aliphatic rings. The molecule has 1 saturated heterocycles. The van der Waals surface area contributed by atoms with E-state index in [2.05, 4.69) is 66.0 Å². The fraction of sp³-hybridized carbons (Fsp3) is 0.556. The Bertz CT molecular complexity index is 621. The van der Waals surface area contributed by atoms with E-state index in [0.717, 1.165) is 49.3 Å². The standard InChI is InChI=1S/C18H26BrN5O.HI/c1-2-20-18(21-11-17(25)22-14-5-6-14)23-15-9-10-24(12-15)16-7-3-13(19)4-8-16;/h3-4,7-8,14-15H,2,5-6,9-12H2,1H3,(H,22,25)(H2,20,21,23);1H. The maximum Gasteiger partial charge on any atom is 0.242 e. The van der Waals surface area contributed by atoms with Gasteiger partial charge in [0.2, 0.25) is 5.91 Å². The number of aliphatic imine (C=N–C) groups is 1. The normalized spacial score (nSPS) is 19.7. The molecule has 144 valence electrons. The van der Waals surface area contributed by atoms with Gasteiger partial charge in [-0.25, -0.2) is 4.99 Å². The van der Waals surface area contributed by atoms with Crippen LogP contribution in [0, 0.1) is 0 Å². The van der Waals surface area contributed by atoms with Crippen LogP contribution in [0.4, 0.5) is 5.69 Å². The third kappa shape index (κ3) is 6.61. The second kappa shape index (κ2) is 10.3. The Morgan fingerprint density at radius 2 is 1.92 bits per heavy atom. The minimum absolute atomic E-state index is 0. The summed E-state index contributed by atoms with van der Waals surface area (Å²) in [5.74, 6) is 0.721. The molecule has 26 heavy (non-hydrogen) atoms. The van der Waals surface area contributed by atoms with Crippen LogP contribution in [0.5, 0.6) is 0 Å². The fourth-order valence-corrected chi connectivity index (χ4v) is 3.19. The molecule has 3 N–H and O–H groups in total. The van der Waals surface area contributed by atoms with Crippen LogP contribution in [-0.2, 0) is 4.79 Å². The number of hydrogen-bond acceptors (Lipinski definition) is 3. The van der Waals surface area contributed by atoms with Gasteiger partial charge in [-0.2, -0.15) is 0 Å². The van der Waals surface area contributed by atoms with Gasteiger partial charge in [-0.3, -0.25) is 4.79 Å². The number of hydrogen-bond donors (Lipinski definition) is 3. The van der Waals surface area contributed by atoms with Gasteiger partial charge in [0.15, 0.2) is 5.96 Å². The SMILES string of the molecule is CCNC(=NCC(=O)NC1CC1)NC1CCN(c2ccc(Br)cc2)C1.I. The van der Waals surface area contributed by atoms with E-state index in [-0.39, 0.29) is 36.4 Å². The maximum atomic E-state index is 11.8. The number of anilines is 1. The van der Waals surface area contributed by atoms with Crippen molar-refractivity contribution in [1.29, 1.82) is 0 Å². The summed E-state index contributed by atoms with van der Waals surface area (Å²) in [6.07, 6.45) is 3.25. The molecular formula is C18H27BrIN5O. The second-order valence-corrected chi connectivity index (χ2v) is 7.50. The van der Waals surface area contributed by atoms with Crippen molar-refractivity contribution in [3.8, 4) is 0 Å². The minimum atomic E-state index is 0. The zero-order valence-corrected chi connectivity index (χ0v) is 18.9. The summed E-state index contributed by atoms with van der Waals surface area (Å²) in [7, 11) is 0. The van der Waals surface area contributed by atoms with E-state index < -0.39 is 0 Å². The molecule has 1 saturated carbocycles. The highest BCUT2D eigenvalue weighted by atomic mass is 127. The fourth-order valence-electron chi connectivity index (χ4n) is 2.93. The quantitative estimate of drug-likeness (QED) is 0.297. The van der Waals surface area contributed by atoms with Gasteiger partial charge in [0.05, 0.1) is 0 Å². The summed E-state index contributed by atoms with van der Waals surface area (Å²) in [6.45, 7) is 4.93. The van der Waals surface area contributed by atoms with Crippen molar-refractivity contribution < 1.29 is 4.79 Å². The number of benzene rings is 1. The molecule has 1 atom stereocenters. The first-order valence-corrected chi connectivity index (χ1v) is 9.78. The van der Waals surface area contributed by atoms with Crippen molar-refractivity contribution in [3.05, 3.63) is 28.7 Å². The van der Waals surface area contributed by atoms with Crippen LogP contribution in [0.3, 0.4) is 0 Å². The van der Waals surface area contributed by atoms with Crippen molar-refractivity contribution in [1.82, 2.24) is 16.0 Å². The smallest absolute Gasteiger partial charge is 0.242 e. The Morgan fingerprint density at radius 1 is 1.19 bits per heavy atom. The minimum Gasteiger partial charge on any atom is -0.369 e. The van der Waals surface area contributed by atoms with Crippen LogP contribution in [0.15, 0.2) is 33.7 Å². The number of rotatable bonds is 6. The van der Waals surface area contributed by atoms with E-state index in [9.17, 15) is 4.79 Å². The zero-order valence-electron chi connectivity index (χ0n) is 15.0. The lowest BCUT2D eigenvalue weighted by Gasteiger charge is -2.20. The monoisotopic (exact) mass is 535 g/mol. The number of guanidine groups is 1. The summed E-state index contributed by atoms with van der Waals surface area (Å²) in [6, 6.07) is 9.11. The molecule has 1 aliphatic carbocycles. The molecule has 6 nitrogen and oxygen atoms in total. The number of carbonyl (C=O) groups excluding carboxylic acids is 1. The molecule has 1 aromatic rings. The van der Waals surface area contributed by atoms with Gasteiger partial charge in [0.1, 0.15) is 6.54 Å². The Balaban J connectivity index is 0.00000243. The predicted molar refractivity (Wildman–Crippen MR) is 120 cm³/mol. The van der Waals surface area contributed by atoms with Crippen molar-refractivity contribution in [2.45, 2.75) is 38.3 Å². The average molecular weight is 536 g/mol. The van der Waals surface area contributed by atoms with Crippen molar-refractivity contribution in [2.24, 2.45) is 4.99 Å². The second-order valence-electron chi connectivity index (χ2n) is 6.59. The van der Waals surface area contributed by atoms with E-state index >= 15 is 0 Å². The third-order valence-corrected chi connectivity index (χ3v) is 4.92. The Hall–Kier alpha value is -1.03. The van der Waals surface area contributed by atoms with Crippen LogP contribution in [-0.4, -0.2) is 50.1 Å². The van der Waals surface area contributed by atoms with E-state index in [4.69, 9.17) is 0 Å². The van der Waals surface area contributed by atoms with Crippen LogP contribution >= 0.6 is 39.9 Å². The first kappa shape index (κ1) is 21.3. The molecule has 1 heterocycles. The van der Waals surface area contributed by atoms with Crippen LogP contribution in [0.1, 0.15) is 26.2 Å². The lowest BCUT2D eigenvalue weighted by atomic mass is 10.3. The lowest BCUT2D eigenvalue weighted by molar-refractivity contribution is -0.119. The molecule has 0 bridgehead atoms. The van der Waals surface area contributed by atoms with Crippen molar-refractivity contribution >= 4 is 57.5 Å². The van der Waals surface area contributed by atoms with Gasteiger partial charge in [0.25, 0.3) is 0 Å². The van der Waals surface area contributed by atoms with E-state index in [1.54, 1.807) is 0 Å². The highest BCUT2D eigenvalue weighted by molar-refractivity contribution is 14.0. The molecule has 2 fully saturated rings. The van der Waals surface area contributed by atoms with Crippen molar-refractivity contribution in [3.63, 3.8) is 0 Å². The molecular weight excluding hydrogens is 509 g/mol. The summed E-state index contributed by atoms with van der Waals surface area (Å²) >= 11 is 3.48. The first-order chi connectivity index (χ1) is 12.1. The van der Waals surface area contributed by atoms with Crippen LogP contribution in [0.25, 0.3) is 0 Å². The Morgan fingerprint density at radius 3 is 2.58 bits per heavy atom. The molecule has 0 radical (unpaired) electrons. The van der Waals surface area contributed by atoms with Crippen LogP contribution in [0.2, 0.25) is 0 Å². The van der Waals surface area contributed by atoms with Crippen molar-refractivity contribution in [2.75, 3.05) is 31.1 Å². The largest absolute Gasteiger partial charge is 0.369 e. The van der Waals surface area contributed by atoms with Gasteiger partial charge in [-0.15, -0.1) is 24.0 Å². The van der Waals surface area contributed by atoms with Crippen LogP contribution < -0.4 is 20.9 Å². The number of carbonyl (C=O) groups is 1. The molecule has 1 amide bonds. The molecule has 1 unspecified atom stereocenters. The number of halogens is 2. The van der Waals surface area contributed by atoms with E-state index in [1.807, 2.05) is 6.92 Å². The van der Waals surface area contributed by atoms with Gasteiger partial charge >= 0.3 is 0 Å². The molecule has 3 rings (SSSR count). The topological polar surface area (TPSA) is 68.8 Å². The van der Waals surface area contributed by atoms with Gasteiger partial charge < -0.3 is 20.9 Å².